The molecule has 1 aromatic carbocycles. The van der Waals surface area contributed by atoms with Gasteiger partial charge in [0.2, 0.25) is 5.91 Å². The third kappa shape index (κ3) is 5.53. The number of hydrogen-bond donors (Lipinski definition) is 2. The van der Waals surface area contributed by atoms with Crippen LogP contribution in [0.3, 0.4) is 0 Å². The highest BCUT2D eigenvalue weighted by Crippen LogP contribution is 2.28. The van der Waals surface area contributed by atoms with E-state index in [9.17, 15) is 14.0 Å². The molecule has 0 spiro atoms. The van der Waals surface area contributed by atoms with Gasteiger partial charge in [0.1, 0.15) is 5.69 Å². The predicted octanol–water partition coefficient (Wildman–Crippen LogP) is 4.74. The van der Waals surface area contributed by atoms with E-state index in [1.165, 1.54) is 29.2 Å². The van der Waals surface area contributed by atoms with Gasteiger partial charge in [0.05, 0.1) is 28.5 Å². The summed E-state index contributed by atoms with van der Waals surface area (Å²) in [5.74, 6) is -1.04. The van der Waals surface area contributed by atoms with Crippen LogP contribution >= 0.6 is 11.6 Å². The number of benzene rings is 1. The van der Waals surface area contributed by atoms with Crippen LogP contribution < -0.4 is 10.6 Å². The second-order valence-electron chi connectivity index (χ2n) is 9.68. The van der Waals surface area contributed by atoms with Crippen LogP contribution in [0.5, 0.6) is 0 Å². The third-order valence-electron chi connectivity index (χ3n) is 6.53. The average Bonchev–Trinajstić information content (AvgIpc) is 3.33. The van der Waals surface area contributed by atoms with E-state index in [1.807, 2.05) is 19.1 Å². The van der Waals surface area contributed by atoms with E-state index in [0.29, 0.717) is 24.9 Å². The number of carbonyl (C=O) groups is 2. The summed E-state index contributed by atoms with van der Waals surface area (Å²) in [6.45, 7) is 6.57. The minimum Gasteiger partial charge on any atom is -0.355 e. The lowest BCUT2D eigenvalue weighted by Crippen LogP contribution is -2.39. The molecule has 2 unspecified atom stereocenters. The summed E-state index contributed by atoms with van der Waals surface area (Å²) < 4.78 is 15.7. The van der Waals surface area contributed by atoms with Crippen LogP contribution in [-0.2, 0) is 10.2 Å². The zero-order valence-corrected chi connectivity index (χ0v) is 20.8. The molecule has 0 saturated heterocycles. The Morgan fingerprint density at radius 3 is 2.89 bits per heavy atom. The maximum Gasteiger partial charge on any atom is 0.255 e. The number of amides is 2. The van der Waals surface area contributed by atoms with E-state index < -0.39 is 5.82 Å². The molecule has 0 fully saturated rings. The quantitative estimate of drug-likeness (QED) is 0.546. The lowest BCUT2D eigenvalue weighted by molar-refractivity contribution is -0.125. The van der Waals surface area contributed by atoms with Gasteiger partial charge in [0, 0.05) is 30.3 Å². The minimum atomic E-state index is -0.606. The predicted molar refractivity (Wildman–Crippen MR) is 132 cm³/mol. The molecule has 2 aromatic heterocycles. The van der Waals surface area contributed by atoms with E-state index in [0.717, 1.165) is 17.7 Å². The number of carbonyl (C=O) groups excluding carboxylic acids is 2. The van der Waals surface area contributed by atoms with Gasteiger partial charge in [-0.1, -0.05) is 44.9 Å². The number of hydrogen-bond acceptors (Lipinski definition) is 4. The van der Waals surface area contributed by atoms with Crippen LogP contribution in [0.4, 0.5) is 4.39 Å². The largest absolute Gasteiger partial charge is 0.355 e. The van der Waals surface area contributed by atoms with Gasteiger partial charge < -0.3 is 10.6 Å². The Morgan fingerprint density at radius 2 is 2.09 bits per heavy atom. The monoisotopic (exact) mass is 497 g/mol. The van der Waals surface area contributed by atoms with Crippen molar-refractivity contribution in [3.8, 4) is 5.69 Å². The Kier molecular flexibility index (Phi) is 7.21. The molecule has 35 heavy (non-hydrogen) atoms. The maximum atomic E-state index is 14.4. The van der Waals surface area contributed by atoms with Crippen LogP contribution in [0, 0.1) is 11.7 Å². The molecule has 2 amide bonds. The Bertz CT molecular complexity index is 1240. The summed E-state index contributed by atoms with van der Waals surface area (Å²) in [4.78, 5) is 30.2. The molecule has 0 saturated carbocycles. The first-order chi connectivity index (χ1) is 16.7. The molecular weight excluding hydrogens is 469 g/mol. The van der Waals surface area contributed by atoms with Crippen LogP contribution in [0.1, 0.15) is 67.7 Å². The number of fused-ring (bicyclic) bond motifs is 2. The van der Waals surface area contributed by atoms with Crippen molar-refractivity contribution in [1.29, 1.82) is 0 Å². The van der Waals surface area contributed by atoms with Gasteiger partial charge in [-0.2, -0.15) is 5.10 Å². The van der Waals surface area contributed by atoms with Gasteiger partial charge in [-0.05, 0) is 42.7 Å². The van der Waals surface area contributed by atoms with Crippen molar-refractivity contribution in [3.05, 3.63) is 76.6 Å². The fourth-order valence-electron chi connectivity index (χ4n) is 4.18. The van der Waals surface area contributed by atoms with Crippen molar-refractivity contribution in [3.63, 3.8) is 0 Å². The van der Waals surface area contributed by atoms with Crippen molar-refractivity contribution < 1.29 is 14.0 Å². The summed E-state index contributed by atoms with van der Waals surface area (Å²) in [6.07, 6.45) is 6.66. The molecule has 3 heterocycles. The third-order valence-corrected chi connectivity index (χ3v) is 6.82. The number of rotatable bonds is 3. The van der Waals surface area contributed by atoms with Crippen molar-refractivity contribution in [2.24, 2.45) is 5.92 Å². The molecule has 2 atom stereocenters. The number of aromatic nitrogens is 3. The van der Waals surface area contributed by atoms with Gasteiger partial charge in [-0.3, -0.25) is 14.6 Å². The number of halogens is 2. The minimum absolute atomic E-state index is 0.0194. The van der Waals surface area contributed by atoms with Crippen LogP contribution in [0.25, 0.3) is 5.69 Å². The zero-order valence-electron chi connectivity index (χ0n) is 20.0. The van der Waals surface area contributed by atoms with Gasteiger partial charge in [0.15, 0.2) is 5.82 Å². The molecule has 4 rings (SSSR count). The molecule has 0 radical (unpaired) electrons. The highest BCUT2D eigenvalue weighted by Gasteiger charge is 2.27. The fraction of sp³-hybridized carbons (Fsp3) is 0.385. The van der Waals surface area contributed by atoms with E-state index >= 15 is 0 Å². The summed E-state index contributed by atoms with van der Waals surface area (Å²) >= 11 is 5.88. The molecule has 9 heteroatoms. The molecule has 2 N–H and O–H groups in total. The molecule has 184 valence electrons. The highest BCUT2D eigenvalue weighted by atomic mass is 35.5. The van der Waals surface area contributed by atoms with E-state index in [4.69, 9.17) is 11.6 Å². The van der Waals surface area contributed by atoms with Crippen molar-refractivity contribution >= 4 is 23.4 Å². The molecule has 1 aliphatic rings. The lowest BCUT2D eigenvalue weighted by atomic mass is 9.83. The SMILES string of the molecule is CC1CCCC(NC(=O)c2cnn(-c3cccc(Cl)c3F)c2)c2cc(ccn2)C(C)(C)CNC1=O. The molecule has 1 aliphatic heterocycles. The Hall–Kier alpha value is -3.26. The zero-order chi connectivity index (χ0) is 25.2. The van der Waals surface area contributed by atoms with Crippen LogP contribution in [-0.4, -0.2) is 33.1 Å². The van der Waals surface area contributed by atoms with E-state index in [-0.39, 0.29) is 39.9 Å². The first-order valence-electron chi connectivity index (χ1n) is 11.7. The van der Waals surface area contributed by atoms with Gasteiger partial charge >= 0.3 is 0 Å². The van der Waals surface area contributed by atoms with Gasteiger partial charge in [0.25, 0.3) is 5.91 Å². The molecule has 7 nitrogen and oxygen atoms in total. The molecular formula is C26H29ClFN5O2. The number of nitrogens with zero attached hydrogens (tertiary/aromatic N) is 3. The molecule has 2 bridgehead atoms. The normalized spacial score (nSPS) is 20.3. The van der Waals surface area contributed by atoms with Gasteiger partial charge in [-0.15, -0.1) is 0 Å². The van der Waals surface area contributed by atoms with E-state index in [2.05, 4.69) is 34.6 Å². The highest BCUT2D eigenvalue weighted by molar-refractivity contribution is 6.30. The van der Waals surface area contributed by atoms with Gasteiger partial charge in [-0.25, -0.2) is 9.07 Å². The molecule has 3 aromatic rings. The first kappa shape index (κ1) is 24.9. The Balaban J connectivity index is 1.60. The van der Waals surface area contributed by atoms with Crippen LogP contribution in [0.2, 0.25) is 5.02 Å². The smallest absolute Gasteiger partial charge is 0.255 e. The van der Waals surface area contributed by atoms with Crippen LogP contribution in [0.15, 0.2) is 48.9 Å². The summed E-state index contributed by atoms with van der Waals surface area (Å²) in [5.41, 5.74) is 1.94. The number of nitrogens with one attached hydrogen (secondary N) is 2. The van der Waals surface area contributed by atoms with Crippen molar-refractivity contribution in [2.75, 3.05) is 6.54 Å². The first-order valence-corrected chi connectivity index (χ1v) is 12.1. The second-order valence-corrected chi connectivity index (χ2v) is 10.1. The number of pyridine rings is 1. The summed E-state index contributed by atoms with van der Waals surface area (Å²) in [5, 5.41) is 10.3. The lowest BCUT2D eigenvalue weighted by Gasteiger charge is -2.29. The summed E-state index contributed by atoms with van der Waals surface area (Å²) in [6, 6.07) is 8.19. The second kappa shape index (κ2) is 10.2. The fourth-order valence-corrected chi connectivity index (χ4v) is 4.35. The van der Waals surface area contributed by atoms with Crippen molar-refractivity contribution in [1.82, 2.24) is 25.4 Å². The van der Waals surface area contributed by atoms with E-state index in [1.54, 1.807) is 12.3 Å². The summed E-state index contributed by atoms with van der Waals surface area (Å²) in [7, 11) is 0. The topological polar surface area (TPSA) is 88.9 Å². The average molecular weight is 498 g/mol. The van der Waals surface area contributed by atoms with Crippen molar-refractivity contribution in [2.45, 2.75) is 51.5 Å². The standard InChI is InChI=1S/C26H29ClFN5O2/c1-16-6-4-8-20(21-12-18(10-11-29-21)26(2,3)15-30-24(16)34)32-25(35)17-13-31-33(14-17)22-9-5-7-19(27)23(22)28/h5,7,9-14,16,20H,4,6,8,15H2,1-3H3,(H,30,34)(H,32,35). The molecule has 0 aliphatic carbocycles. The Labute approximate surface area is 209 Å². The Morgan fingerprint density at radius 1 is 1.29 bits per heavy atom. The maximum absolute atomic E-state index is 14.4.